The summed E-state index contributed by atoms with van der Waals surface area (Å²) >= 11 is 0. The minimum absolute atomic E-state index is 0.0529. The number of phosphoric ester groups is 1. The Morgan fingerprint density at radius 1 is 1.44 bits per heavy atom. The van der Waals surface area contributed by atoms with Crippen molar-refractivity contribution in [2.45, 2.75) is 69.2 Å². The van der Waals surface area contributed by atoms with Crippen molar-refractivity contribution >= 4 is 13.8 Å². The highest BCUT2D eigenvalue weighted by Gasteiger charge is 2.62. The van der Waals surface area contributed by atoms with E-state index in [0.717, 1.165) is 42.5 Å². The molecule has 186 valence electrons. The van der Waals surface area contributed by atoms with Crippen molar-refractivity contribution < 1.29 is 37.5 Å². The summed E-state index contributed by atoms with van der Waals surface area (Å²) in [5.74, 6) is 1.32. The number of ether oxygens (including phenoxy) is 2. The summed E-state index contributed by atoms with van der Waals surface area (Å²) in [5, 5.41) is 11.1. The lowest BCUT2D eigenvalue weighted by Crippen LogP contribution is -2.50. The first kappa shape index (κ1) is 24.9. The van der Waals surface area contributed by atoms with Gasteiger partial charge in [0.15, 0.2) is 11.8 Å². The predicted octanol–water partition coefficient (Wildman–Crippen LogP) is 0.850. The number of hydrogen-bond acceptors (Lipinski definition) is 10. The van der Waals surface area contributed by atoms with Gasteiger partial charge in [-0.3, -0.25) is 32.7 Å². The Labute approximate surface area is 195 Å². The van der Waals surface area contributed by atoms with Gasteiger partial charge in [-0.1, -0.05) is 12.8 Å². The highest BCUT2D eigenvalue weighted by atomic mass is 31.2. The number of aromatic nitrogens is 2. The molecule has 2 saturated heterocycles. The number of hydrogen-bond donors (Lipinski definition) is 2. The van der Waals surface area contributed by atoms with E-state index < -0.39 is 49.0 Å². The fraction of sp³-hybridized carbons (Fsp3) is 0.667. The molecule has 3 heterocycles. The smallest absolute Gasteiger partial charge is 0.462 e. The Kier molecular flexibility index (Phi) is 7.14. The van der Waals surface area contributed by atoms with Crippen molar-refractivity contribution in [1.29, 1.82) is 0 Å². The van der Waals surface area contributed by atoms with Crippen LogP contribution >= 0.6 is 7.82 Å². The van der Waals surface area contributed by atoms with E-state index in [0.29, 0.717) is 0 Å². The van der Waals surface area contributed by atoms with Crippen LogP contribution in [0, 0.1) is 18.3 Å². The van der Waals surface area contributed by atoms with Gasteiger partial charge in [-0.15, -0.1) is 6.42 Å². The van der Waals surface area contributed by atoms with Crippen LogP contribution in [0.4, 0.5) is 0 Å². The van der Waals surface area contributed by atoms with E-state index in [1.807, 2.05) is 4.98 Å². The number of phosphoric acid groups is 1. The van der Waals surface area contributed by atoms with Crippen LogP contribution in [-0.2, 0) is 32.4 Å². The first-order chi connectivity index (χ1) is 16.1. The number of carbonyl (C=O) groups excluding carboxylic acids is 1. The second-order valence-electron chi connectivity index (χ2n) is 8.65. The Morgan fingerprint density at radius 2 is 2.18 bits per heavy atom. The second kappa shape index (κ2) is 9.77. The summed E-state index contributed by atoms with van der Waals surface area (Å²) in [6.45, 7) is 1.26. The number of esters is 1. The minimum atomic E-state index is -4.16. The maximum atomic E-state index is 13.0. The molecule has 0 spiro atoms. The van der Waals surface area contributed by atoms with E-state index in [9.17, 15) is 24.1 Å². The summed E-state index contributed by atoms with van der Waals surface area (Å²) in [7, 11) is -4.16. The van der Waals surface area contributed by atoms with Gasteiger partial charge in [0.2, 0.25) is 0 Å². The molecule has 4 rings (SSSR count). The predicted molar refractivity (Wildman–Crippen MR) is 116 cm³/mol. The van der Waals surface area contributed by atoms with Gasteiger partial charge in [0.25, 0.3) is 5.56 Å². The standard InChI is InChI=1S/C21H27N2O10P/c1-3-21(27)17-15(32-19(21)23-10-8-16(24)22-20(23)26)12-30-34(28,33-17)29-11-9-13(2)18(25)31-14-6-4-5-7-14/h1,8,10,13-15,17,19,27H,4-7,9,11-12H2,2H3,(H,22,24,26)/t13?,15-,17-,19-,21-,34?/m1/s1. The number of nitrogens with one attached hydrogen (secondary N) is 1. The quantitative estimate of drug-likeness (QED) is 0.314. The number of terminal acetylenes is 1. The van der Waals surface area contributed by atoms with Crippen molar-refractivity contribution in [3.05, 3.63) is 33.1 Å². The van der Waals surface area contributed by atoms with Crippen molar-refractivity contribution in [2.75, 3.05) is 13.2 Å². The number of fused-ring (bicyclic) bond motifs is 1. The Bertz CT molecular complexity index is 1120. The van der Waals surface area contributed by atoms with E-state index in [-0.39, 0.29) is 31.7 Å². The molecule has 1 saturated carbocycles. The molecule has 0 radical (unpaired) electrons. The van der Waals surface area contributed by atoms with Crippen LogP contribution in [0.25, 0.3) is 0 Å². The number of rotatable bonds is 7. The normalized spacial score (nSPS) is 34.3. The summed E-state index contributed by atoms with van der Waals surface area (Å²) in [5.41, 5.74) is -3.71. The van der Waals surface area contributed by atoms with Gasteiger partial charge in [-0.25, -0.2) is 9.36 Å². The molecule has 2 unspecified atom stereocenters. The van der Waals surface area contributed by atoms with Crippen LogP contribution in [0.5, 0.6) is 0 Å². The van der Waals surface area contributed by atoms with Gasteiger partial charge in [-0.2, -0.15) is 0 Å². The molecular formula is C21H27N2O10P. The molecule has 6 atom stereocenters. The topological polar surface area (TPSA) is 155 Å². The van der Waals surface area contributed by atoms with Crippen LogP contribution in [0.1, 0.15) is 45.3 Å². The highest BCUT2D eigenvalue weighted by Crippen LogP contribution is 2.58. The van der Waals surface area contributed by atoms with Crippen LogP contribution in [0.15, 0.2) is 21.9 Å². The monoisotopic (exact) mass is 498 g/mol. The third-order valence-corrected chi connectivity index (χ3v) is 7.66. The minimum Gasteiger partial charge on any atom is -0.462 e. The summed E-state index contributed by atoms with van der Waals surface area (Å²) in [4.78, 5) is 37.8. The molecule has 3 fully saturated rings. The SMILES string of the molecule is C#C[C@@]1(O)[C@@H]2OP(=O)(OCCC(C)C(=O)OC3CCCC3)OC[C@H]2O[C@H]1n1ccc(=O)[nH]c1=O. The van der Waals surface area contributed by atoms with Gasteiger partial charge in [0.1, 0.15) is 18.3 Å². The van der Waals surface area contributed by atoms with E-state index in [1.165, 1.54) is 0 Å². The average Bonchev–Trinajstić information content (AvgIpc) is 3.40. The largest absolute Gasteiger partial charge is 0.475 e. The molecule has 1 aromatic rings. The van der Waals surface area contributed by atoms with Crippen LogP contribution in [-0.4, -0.2) is 57.8 Å². The van der Waals surface area contributed by atoms with Gasteiger partial charge in [0.05, 0.1) is 19.1 Å². The zero-order valence-corrected chi connectivity index (χ0v) is 19.5. The van der Waals surface area contributed by atoms with E-state index in [1.54, 1.807) is 6.92 Å². The summed E-state index contributed by atoms with van der Waals surface area (Å²) < 4.78 is 41.1. The Morgan fingerprint density at radius 3 is 2.85 bits per heavy atom. The van der Waals surface area contributed by atoms with Crippen molar-refractivity contribution in [3.63, 3.8) is 0 Å². The molecule has 1 aliphatic carbocycles. The average molecular weight is 498 g/mol. The third kappa shape index (κ3) is 4.91. The van der Waals surface area contributed by atoms with E-state index >= 15 is 0 Å². The van der Waals surface area contributed by atoms with Gasteiger partial charge in [0, 0.05) is 12.3 Å². The molecule has 1 aromatic heterocycles. The third-order valence-electron chi connectivity index (χ3n) is 6.21. The number of H-pyrrole nitrogens is 1. The maximum Gasteiger partial charge on any atom is 0.475 e. The molecule has 34 heavy (non-hydrogen) atoms. The molecule has 12 nitrogen and oxygen atoms in total. The lowest BCUT2D eigenvalue weighted by atomic mass is 9.95. The second-order valence-corrected chi connectivity index (χ2v) is 10.3. The molecule has 0 bridgehead atoms. The molecule has 0 amide bonds. The van der Waals surface area contributed by atoms with Crippen molar-refractivity contribution in [1.82, 2.24) is 9.55 Å². The molecular weight excluding hydrogens is 471 g/mol. The molecule has 13 heteroatoms. The zero-order valence-electron chi connectivity index (χ0n) is 18.6. The maximum absolute atomic E-state index is 13.0. The number of aromatic amines is 1. The van der Waals surface area contributed by atoms with E-state index in [4.69, 9.17) is 29.5 Å². The fourth-order valence-corrected chi connectivity index (χ4v) is 5.66. The fourth-order valence-electron chi connectivity index (χ4n) is 4.23. The summed E-state index contributed by atoms with van der Waals surface area (Å²) in [6.07, 6.45) is 6.89. The Balaban J connectivity index is 1.38. The molecule has 0 aromatic carbocycles. The van der Waals surface area contributed by atoms with Gasteiger partial charge in [-0.05, 0) is 32.1 Å². The number of aliphatic hydroxyl groups is 1. The summed E-state index contributed by atoms with van der Waals surface area (Å²) in [6, 6.07) is 1.06. The number of nitrogens with zero attached hydrogens (tertiary/aromatic N) is 1. The first-order valence-corrected chi connectivity index (χ1v) is 12.6. The molecule has 2 N–H and O–H groups in total. The van der Waals surface area contributed by atoms with Gasteiger partial charge >= 0.3 is 19.5 Å². The highest BCUT2D eigenvalue weighted by molar-refractivity contribution is 7.48. The van der Waals surface area contributed by atoms with Crippen LogP contribution in [0.3, 0.4) is 0 Å². The first-order valence-electron chi connectivity index (χ1n) is 11.1. The zero-order chi connectivity index (χ0) is 24.5. The Hall–Kier alpha value is -2.26. The molecule has 2 aliphatic heterocycles. The molecule has 3 aliphatic rings. The number of carbonyl (C=O) groups is 1. The van der Waals surface area contributed by atoms with Crippen LogP contribution < -0.4 is 11.2 Å². The van der Waals surface area contributed by atoms with Gasteiger partial charge < -0.3 is 14.6 Å². The lowest BCUT2D eigenvalue weighted by Gasteiger charge is -2.34. The van der Waals surface area contributed by atoms with Crippen molar-refractivity contribution in [2.24, 2.45) is 5.92 Å². The lowest BCUT2D eigenvalue weighted by molar-refractivity contribution is -0.153. The van der Waals surface area contributed by atoms with E-state index in [2.05, 4.69) is 5.92 Å². The van der Waals surface area contributed by atoms with Crippen LogP contribution in [0.2, 0.25) is 0 Å². The van der Waals surface area contributed by atoms with Crippen molar-refractivity contribution in [3.8, 4) is 12.3 Å².